The summed E-state index contributed by atoms with van der Waals surface area (Å²) in [6.07, 6.45) is 3.74. The van der Waals surface area contributed by atoms with Gasteiger partial charge in [0.15, 0.2) is 0 Å². The lowest BCUT2D eigenvalue weighted by atomic mass is 10.1. The minimum Gasteiger partial charge on any atom is -0.478 e. The zero-order valence-corrected chi connectivity index (χ0v) is 6.82. The Morgan fingerprint density at radius 1 is 1.50 bits per heavy atom. The van der Waals surface area contributed by atoms with Crippen molar-refractivity contribution in [1.29, 1.82) is 0 Å². The van der Waals surface area contributed by atoms with Crippen molar-refractivity contribution in [2.45, 2.75) is 6.92 Å². The van der Waals surface area contributed by atoms with Crippen LogP contribution in [0.15, 0.2) is 30.3 Å². The molecule has 0 saturated heterocycles. The number of aromatic carboxylic acids is 1. The fraction of sp³-hybridized carbons (Fsp3) is 0.100. The summed E-state index contributed by atoms with van der Waals surface area (Å²) in [6.45, 7) is 1.90. The van der Waals surface area contributed by atoms with E-state index in [1.807, 2.05) is 25.1 Å². The molecule has 0 radical (unpaired) electrons. The molecule has 2 nitrogen and oxygen atoms in total. The predicted octanol–water partition coefficient (Wildman–Crippen LogP) is 2.42. The summed E-state index contributed by atoms with van der Waals surface area (Å²) in [6, 6.07) is 6.82. The van der Waals surface area contributed by atoms with Gasteiger partial charge in [0.2, 0.25) is 0 Å². The molecule has 12 heavy (non-hydrogen) atoms. The molecule has 62 valence electrons. The number of benzene rings is 1. The summed E-state index contributed by atoms with van der Waals surface area (Å²) >= 11 is 0. The van der Waals surface area contributed by atoms with E-state index in [0.717, 1.165) is 5.56 Å². The number of carbonyl (C=O) groups is 1. The first-order valence-corrected chi connectivity index (χ1v) is 3.70. The Balaban J connectivity index is 3.03. The quantitative estimate of drug-likeness (QED) is 0.725. The van der Waals surface area contributed by atoms with Gasteiger partial charge < -0.3 is 5.11 Å². The molecule has 0 aliphatic heterocycles. The second-order valence-corrected chi connectivity index (χ2v) is 2.43. The van der Waals surface area contributed by atoms with Gasteiger partial charge >= 0.3 is 5.97 Å². The lowest BCUT2D eigenvalue weighted by Crippen LogP contribution is -1.95. The van der Waals surface area contributed by atoms with Crippen molar-refractivity contribution in [3.8, 4) is 0 Å². The van der Waals surface area contributed by atoms with Crippen molar-refractivity contribution in [2.75, 3.05) is 0 Å². The third-order valence-electron chi connectivity index (χ3n) is 1.49. The molecule has 0 saturated carbocycles. The lowest BCUT2D eigenvalue weighted by Gasteiger charge is -1.95. The fourth-order valence-electron chi connectivity index (χ4n) is 0.968. The van der Waals surface area contributed by atoms with Crippen LogP contribution in [0.5, 0.6) is 0 Å². The first kappa shape index (κ1) is 8.53. The summed E-state index contributed by atoms with van der Waals surface area (Å²) in [5, 5.41) is 8.65. The van der Waals surface area contributed by atoms with Crippen LogP contribution in [0.3, 0.4) is 0 Å². The highest BCUT2D eigenvalue weighted by Crippen LogP contribution is 2.06. The molecule has 1 rings (SSSR count). The van der Waals surface area contributed by atoms with Crippen LogP contribution in [-0.4, -0.2) is 11.1 Å². The van der Waals surface area contributed by atoms with Gasteiger partial charge in [-0.15, -0.1) is 0 Å². The molecular formula is C10H10O2. The number of carboxylic acid groups (broad SMARTS) is 1. The molecule has 0 bridgehead atoms. The number of carboxylic acids is 1. The van der Waals surface area contributed by atoms with Crippen LogP contribution < -0.4 is 0 Å². The van der Waals surface area contributed by atoms with Crippen molar-refractivity contribution >= 4 is 12.0 Å². The average molecular weight is 162 g/mol. The van der Waals surface area contributed by atoms with Crippen LogP contribution in [0.4, 0.5) is 0 Å². The molecule has 0 aliphatic rings. The van der Waals surface area contributed by atoms with Crippen molar-refractivity contribution in [3.63, 3.8) is 0 Å². The van der Waals surface area contributed by atoms with Crippen molar-refractivity contribution < 1.29 is 9.90 Å². The number of allylic oxidation sites excluding steroid dienone is 1. The highest BCUT2D eigenvalue weighted by atomic mass is 16.4. The molecule has 0 aromatic heterocycles. The summed E-state index contributed by atoms with van der Waals surface area (Å²) in [5.41, 5.74) is 1.24. The molecule has 0 fully saturated rings. The van der Waals surface area contributed by atoms with E-state index in [0.29, 0.717) is 5.56 Å². The molecule has 2 heteroatoms. The maximum Gasteiger partial charge on any atom is 0.335 e. The van der Waals surface area contributed by atoms with Gasteiger partial charge in [-0.05, 0) is 24.6 Å². The van der Waals surface area contributed by atoms with Gasteiger partial charge in [-0.1, -0.05) is 24.3 Å². The van der Waals surface area contributed by atoms with Gasteiger partial charge in [-0.3, -0.25) is 0 Å². The lowest BCUT2D eigenvalue weighted by molar-refractivity contribution is 0.0697. The largest absolute Gasteiger partial charge is 0.478 e. The van der Waals surface area contributed by atoms with E-state index >= 15 is 0 Å². The molecule has 0 heterocycles. The van der Waals surface area contributed by atoms with E-state index in [4.69, 9.17) is 5.11 Å². The second kappa shape index (κ2) is 3.72. The van der Waals surface area contributed by atoms with Crippen LogP contribution in [0.1, 0.15) is 22.8 Å². The monoisotopic (exact) mass is 162 g/mol. The van der Waals surface area contributed by atoms with E-state index in [9.17, 15) is 4.79 Å². The average Bonchev–Trinajstić information content (AvgIpc) is 2.05. The summed E-state index contributed by atoms with van der Waals surface area (Å²) in [7, 11) is 0. The molecule has 0 aliphatic carbocycles. The van der Waals surface area contributed by atoms with Gasteiger partial charge in [-0.25, -0.2) is 4.79 Å². The van der Waals surface area contributed by atoms with E-state index in [-0.39, 0.29) is 0 Å². The van der Waals surface area contributed by atoms with Crippen molar-refractivity contribution in [3.05, 3.63) is 41.5 Å². The van der Waals surface area contributed by atoms with Crippen molar-refractivity contribution in [1.82, 2.24) is 0 Å². The smallest absolute Gasteiger partial charge is 0.335 e. The SMILES string of the molecule is C/C=C\c1cccc(C(=O)O)c1. The van der Waals surface area contributed by atoms with E-state index < -0.39 is 5.97 Å². The maximum atomic E-state index is 10.5. The van der Waals surface area contributed by atoms with Crippen LogP contribution >= 0.6 is 0 Å². The Bertz CT molecular complexity index is 313. The molecule has 0 unspecified atom stereocenters. The molecule has 0 atom stereocenters. The Labute approximate surface area is 71.2 Å². The van der Waals surface area contributed by atoms with Gasteiger partial charge in [0, 0.05) is 0 Å². The third kappa shape index (κ3) is 1.95. The number of rotatable bonds is 2. The first-order valence-electron chi connectivity index (χ1n) is 3.70. The van der Waals surface area contributed by atoms with E-state index in [1.54, 1.807) is 18.2 Å². The molecule has 1 aromatic carbocycles. The molecular weight excluding hydrogens is 152 g/mol. The highest BCUT2D eigenvalue weighted by Gasteiger charge is 2.00. The standard InChI is InChI=1S/C10H10O2/c1-2-4-8-5-3-6-9(7-8)10(11)12/h2-7H,1H3,(H,11,12)/b4-2-. The van der Waals surface area contributed by atoms with Gasteiger partial charge in [0.25, 0.3) is 0 Å². The second-order valence-electron chi connectivity index (χ2n) is 2.43. The summed E-state index contributed by atoms with van der Waals surface area (Å²) in [4.78, 5) is 10.5. The number of hydrogen-bond donors (Lipinski definition) is 1. The predicted molar refractivity (Wildman–Crippen MR) is 48.1 cm³/mol. The first-order chi connectivity index (χ1) is 5.74. The van der Waals surface area contributed by atoms with Crippen molar-refractivity contribution in [2.24, 2.45) is 0 Å². The van der Waals surface area contributed by atoms with E-state index in [1.165, 1.54) is 0 Å². The fourth-order valence-corrected chi connectivity index (χ4v) is 0.968. The highest BCUT2D eigenvalue weighted by molar-refractivity contribution is 5.88. The topological polar surface area (TPSA) is 37.3 Å². The Morgan fingerprint density at radius 2 is 2.25 bits per heavy atom. The zero-order valence-electron chi connectivity index (χ0n) is 6.82. The Hall–Kier alpha value is -1.57. The summed E-state index contributed by atoms with van der Waals surface area (Å²) < 4.78 is 0. The Kier molecular flexibility index (Phi) is 2.64. The van der Waals surface area contributed by atoms with E-state index in [2.05, 4.69) is 0 Å². The van der Waals surface area contributed by atoms with Crippen LogP contribution in [-0.2, 0) is 0 Å². The maximum absolute atomic E-state index is 10.5. The molecule has 1 N–H and O–H groups in total. The normalized spacial score (nSPS) is 10.4. The van der Waals surface area contributed by atoms with Gasteiger partial charge in [0.05, 0.1) is 5.56 Å². The summed E-state index contributed by atoms with van der Waals surface area (Å²) in [5.74, 6) is -0.888. The molecule has 0 spiro atoms. The van der Waals surface area contributed by atoms with Gasteiger partial charge in [-0.2, -0.15) is 0 Å². The van der Waals surface area contributed by atoms with Crippen LogP contribution in [0, 0.1) is 0 Å². The van der Waals surface area contributed by atoms with Gasteiger partial charge in [0.1, 0.15) is 0 Å². The minimum absolute atomic E-state index is 0.325. The molecule has 1 aromatic rings. The molecule has 0 amide bonds. The third-order valence-corrected chi connectivity index (χ3v) is 1.49. The van der Waals surface area contributed by atoms with Crippen LogP contribution in [0.2, 0.25) is 0 Å². The van der Waals surface area contributed by atoms with Crippen LogP contribution in [0.25, 0.3) is 6.08 Å². The number of hydrogen-bond acceptors (Lipinski definition) is 1. The Morgan fingerprint density at radius 3 is 2.83 bits per heavy atom. The minimum atomic E-state index is -0.888. The zero-order chi connectivity index (χ0) is 8.97.